The summed E-state index contributed by atoms with van der Waals surface area (Å²) in [5.74, 6) is -0.363. The van der Waals surface area contributed by atoms with Crippen LogP contribution in [-0.2, 0) is 15.6 Å². The van der Waals surface area contributed by atoms with Crippen molar-refractivity contribution in [1.82, 2.24) is 5.32 Å². The fourth-order valence-corrected chi connectivity index (χ4v) is 2.84. The van der Waals surface area contributed by atoms with Gasteiger partial charge in [0.15, 0.2) is 0 Å². The second-order valence-electron chi connectivity index (χ2n) is 4.14. The molecule has 16 heavy (non-hydrogen) atoms. The van der Waals surface area contributed by atoms with Gasteiger partial charge in [0.2, 0.25) is 5.91 Å². The van der Waals surface area contributed by atoms with Crippen LogP contribution in [0.3, 0.4) is 0 Å². The highest BCUT2D eigenvalue weighted by Gasteiger charge is 2.19. The molecule has 2 unspecified atom stereocenters. The zero-order chi connectivity index (χ0) is 12.0. The van der Waals surface area contributed by atoms with Gasteiger partial charge in [0.05, 0.1) is 18.5 Å². The Balaban J connectivity index is 2.19. The Hall–Kier alpha value is -0.460. The van der Waals surface area contributed by atoms with Crippen LogP contribution in [-0.4, -0.2) is 50.6 Å². The first-order chi connectivity index (χ1) is 7.61. The van der Waals surface area contributed by atoms with Gasteiger partial charge in [-0.05, 0) is 12.8 Å². The molecule has 0 aliphatic heterocycles. The molecular formula is C10H19NO4S. The first-order valence-electron chi connectivity index (χ1n) is 5.55. The predicted molar refractivity (Wildman–Crippen MR) is 61.4 cm³/mol. The van der Waals surface area contributed by atoms with E-state index < -0.39 is 23.5 Å². The van der Waals surface area contributed by atoms with E-state index >= 15 is 0 Å². The molecular weight excluding hydrogens is 230 g/mol. The number of aliphatic hydroxyl groups is 2. The standard InChI is InChI=1S/C10H19NO4S/c12-5-9(13)6-16(15)7-10(14)11-8-3-1-2-4-8/h8-9,12-13H,1-7H2,(H,11,14). The average molecular weight is 249 g/mol. The highest BCUT2D eigenvalue weighted by atomic mass is 32.2. The Morgan fingerprint density at radius 2 is 2.06 bits per heavy atom. The van der Waals surface area contributed by atoms with E-state index in [1.807, 2.05) is 0 Å². The molecule has 1 aliphatic carbocycles. The zero-order valence-corrected chi connectivity index (χ0v) is 10.0. The molecule has 0 radical (unpaired) electrons. The quantitative estimate of drug-likeness (QED) is 0.572. The summed E-state index contributed by atoms with van der Waals surface area (Å²) in [5, 5.41) is 20.4. The van der Waals surface area contributed by atoms with Gasteiger partial charge in [-0.25, -0.2) is 0 Å². The first kappa shape index (κ1) is 13.6. The largest absolute Gasteiger partial charge is 0.394 e. The molecule has 0 saturated heterocycles. The minimum Gasteiger partial charge on any atom is -0.394 e. The van der Waals surface area contributed by atoms with Gasteiger partial charge in [0.1, 0.15) is 5.75 Å². The first-order valence-corrected chi connectivity index (χ1v) is 7.04. The van der Waals surface area contributed by atoms with Crippen LogP contribution in [0.4, 0.5) is 0 Å². The lowest BCUT2D eigenvalue weighted by atomic mass is 10.2. The van der Waals surface area contributed by atoms with E-state index in [2.05, 4.69) is 5.32 Å². The molecule has 1 rings (SSSR count). The molecule has 2 atom stereocenters. The third kappa shape index (κ3) is 5.05. The van der Waals surface area contributed by atoms with Gasteiger partial charge in [-0.1, -0.05) is 12.8 Å². The summed E-state index contributed by atoms with van der Waals surface area (Å²) in [4.78, 5) is 11.4. The normalized spacial score (nSPS) is 20.6. The van der Waals surface area contributed by atoms with Crippen LogP contribution in [0.15, 0.2) is 0 Å². The highest BCUT2D eigenvalue weighted by Crippen LogP contribution is 2.17. The number of nitrogens with one attached hydrogen (secondary N) is 1. The number of carbonyl (C=O) groups is 1. The van der Waals surface area contributed by atoms with Gasteiger partial charge in [-0.15, -0.1) is 0 Å². The van der Waals surface area contributed by atoms with Crippen molar-refractivity contribution < 1.29 is 19.2 Å². The van der Waals surface area contributed by atoms with Gasteiger partial charge >= 0.3 is 0 Å². The number of carbonyl (C=O) groups excluding carboxylic acids is 1. The van der Waals surface area contributed by atoms with Crippen molar-refractivity contribution in [3.05, 3.63) is 0 Å². The Morgan fingerprint density at radius 3 is 2.62 bits per heavy atom. The van der Waals surface area contributed by atoms with Crippen molar-refractivity contribution in [3.63, 3.8) is 0 Å². The summed E-state index contributed by atoms with van der Waals surface area (Å²) in [6.07, 6.45) is 3.27. The van der Waals surface area contributed by atoms with Crippen LogP contribution < -0.4 is 5.32 Å². The lowest BCUT2D eigenvalue weighted by Gasteiger charge is -2.12. The van der Waals surface area contributed by atoms with Crippen molar-refractivity contribution >= 4 is 16.7 Å². The summed E-state index contributed by atoms with van der Waals surface area (Å²) in [7, 11) is -1.40. The van der Waals surface area contributed by atoms with Crippen LogP contribution in [0.2, 0.25) is 0 Å². The molecule has 3 N–H and O–H groups in total. The molecule has 0 bridgehead atoms. The molecule has 0 aromatic heterocycles. The summed E-state index contributed by atoms with van der Waals surface area (Å²) < 4.78 is 11.4. The van der Waals surface area contributed by atoms with Gasteiger partial charge < -0.3 is 15.5 Å². The van der Waals surface area contributed by atoms with Gasteiger partial charge in [0.25, 0.3) is 0 Å². The van der Waals surface area contributed by atoms with E-state index in [4.69, 9.17) is 10.2 Å². The van der Waals surface area contributed by atoms with Crippen LogP contribution in [0.5, 0.6) is 0 Å². The highest BCUT2D eigenvalue weighted by molar-refractivity contribution is 7.85. The van der Waals surface area contributed by atoms with Gasteiger partial charge in [-0.2, -0.15) is 0 Å². The molecule has 94 valence electrons. The monoisotopic (exact) mass is 249 g/mol. The molecule has 0 aromatic rings. The molecule has 6 heteroatoms. The van der Waals surface area contributed by atoms with E-state index in [1.165, 1.54) is 0 Å². The number of hydrogen-bond donors (Lipinski definition) is 3. The molecule has 5 nitrogen and oxygen atoms in total. The molecule has 1 amide bonds. The minimum atomic E-state index is -1.40. The third-order valence-electron chi connectivity index (χ3n) is 2.60. The van der Waals surface area contributed by atoms with Crippen molar-refractivity contribution in [2.45, 2.75) is 37.8 Å². The Kier molecular flexibility index (Phi) is 5.94. The molecule has 1 fully saturated rings. The van der Waals surface area contributed by atoms with Crippen molar-refractivity contribution in [2.75, 3.05) is 18.1 Å². The van der Waals surface area contributed by atoms with Crippen LogP contribution in [0.1, 0.15) is 25.7 Å². The smallest absolute Gasteiger partial charge is 0.232 e. The topological polar surface area (TPSA) is 86.6 Å². The summed E-state index contributed by atoms with van der Waals surface area (Å²) in [6, 6.07) is 0.229. The van der Waals surface area contributed by atoms with E-state index in [0.717, 1.165) is 25.7 Å². The number of hydrogen-bond acceptors (Lipinski definition) is 4. The molecule has 1 aliphatic rings. The lowest BCUT2D eigenvalue weighted by Crippen LogP contribution is -2.37. The zero-order valence-electron chi connectivity index (χ0n) is 9.22. The number of aliphatic hydroxyl groups excluding tert-OH is 2. The SMILES string of the molecule is O=C(CS(=O)CC(O)CO)NC1CCCC1. The maximum atomic E-state index is 11.4. The maximum absolute atomic E-state index is 11.4. The predicted octanol–water partition coefficient (Wildman–Crippen LogP) is -0.853. The van der Waals surface area contributed by atoms with Crippen molar-refractivity contribution in [2.24, 2.45) is 0 Å². The Bertz CT molecular complexity index is 253. The fraction of sp³-hybridized carbons (Fsp3) is 0.900. The lowest BCUT2D eigenvalue weighted by molar-refractivity contribution is -0.119. The minimum absolute atomic E-state index is 0.0470. The van der Waals surface area contributed by atoms with E-state index in [1.54, 1.807) is 0 Å². The van der Waals surface area contributed by atoms with Gasteiger partial charge in [0, 0.05) is 16.8 Å². The van der Waals surface area contributed by atoms with E-state index in [-0.39, 0.29) is 23.5 Å². The summed E-state index contributed by atoms with van der Waals surface area (Å²) >= 11 is 0. The molecule has 1 saturated carbocycles. The third-order valence-corrected chi connectivity index (χ3v) is 3.94. The van der Waals surface area contributed by atoms with E-state index in [0.29, 0.717) is 0 Å². The molecule has 0 spiro atoms. The fourth-order valence-electron chi connectivity index (χ4n) is 1.81. The van der Waals surface area contributed by atoms with Crippen LogP contribution in [0, 0.1) is 0 Å². The second kappa shape index (κ2) is 6.98. The maximum Gasteiger partial charge on any atom is 0.232 e. The van der Waals surface area contributed by atoms with Crippen molar-refractivity contribution in [3.8, 4) is 0 Å². The molecule has 0 aromatic carbocycles. The summed E-state index contributed by atoms with van der Waals surface area (Å²) in [6.45, 7) is -0.421. The van der Waals surface area contributed by atoms with Crippen molar-refractivity contribution in [1.29, 1.82) is 0 Å². The average Bonchev–Trinajstić information content (AvgIpc) is 2.69. The van der Waals surface area contributed by atoms with Crippen LogP contribution >= 0.6 is 0 Å². The number of amides is 1. The van der Waals surface area contributed by atoms with Gasteiger partial charge in [-0.3, -0.25) is 9.00 Å². The van der Waals surface area contributed by atoms with Crippen LogP contribution in [0.25, 0.3) is 0 Å². The Labute approximate surface area is 97.7 Å². The number of rotatable bonds is 6. The Morgan fingerprint density at radius 1 is 1.44 bits per heavy atom. The van der Waals surface area contributed by atoms with E-state index in [9.17, 15) is 9.00 Å². The second-order valence-corrected chi connectivity index (χ2v) is 5.64. The summed E-state index contributed by atoms with van der Waals surface area (Å²) in [5.41, 5.74) is 0. The molecule has 0 heterocycles.